The molecule has 1 heterocycles. The molecule has 1 saturated carbocycles. The fourth-order valence-electron chi connectivity index (χ4n) is 2.32. The molecule has 0 amide bonds. The van der Waals surface area contributed by atoms with Crippen LogP contribution < -0.4 is 11.4 Å². The summed E-state index contributed by atoms with van der Waals surface area (Å²) in [7, 11) is 0. The van der Waals surface area contributed by atoms with Gasteiger partial charge in [0.15, 0.2) is 0 Å². The van der Waals surface area contributed by atoms with Crippen LogP contribution >= 0.6 is 0 Å². The Bertz CT molecular complexity index is 494. The van der Waals surface area contributed by atoms with E-state index in [2.05, 4.69) is 23.2 Å². The lowest BCUT2D eigenvalue weighted by Gasteiger charge is -2.33. The van der Waals surface area contributed by atoms with Crippen molar-refractivity contribution in [3.8, 4) is 6.07 Å². The van der Waals surface area contributed by atoms with Gasteiger partial charge in [0.1, 0.15) is 5.54 Å². The molecule has 2 N–H and O–H groups in total. The summed E-state index contributed by atoms with van der Waals surface area (Å²) < 4.78 is 1.03. The van der Waals surface area contributed by atoms with Gasteiger partial charge in [0.25, 0.3) is 0 Å². The summed E-state index contributed by atoms with van der Waals surface area (Å²) in [5, 5.41) is 13.7. The highest BCUT2D eigenvalue weighted by Gasteiger charge is 2.38. The van der Waals surface area contributed by atoms with Crippen molar-refractivity contribution in [1.29, 1.82) is 5.26 Å². The number of nitrogens with one attached hydrogen (secondary N) is 2. The Morgan fingerprint density at radius 2 is 1.81 bits per heavy atom. The van der Waals surface area contributed by atoms with Gasteiger partial charge in [-0.3, -0.25) is 0 Å². The largest absolute Gasteiger partial charge is 0.345 e. The minimum atomic E-state index is -0.961. The summed E-state index contributed by atoms with van der Waals surface area (Å²) >= 11 is 0. The number of nitrogens with zero attached hydrogens (tertiary/aromatic N) is 2. The Kier molecular flexibility index (Phi) is 2.46. The average molecular weight is 222 g/mol. The van der Waals surface area contributed by atoms with Crippen molar-refractivity contribution in [3.05, 3.63) is 21.0 Å². The van der Waals surface area contributed by atoms with Crippen molar-refractivity contribution >= 4 is 0 Å². The summed E-state index contributed by atoms with van der Waals surface area (Å²) in [6.45, 7) is 2.12. The van der Waals surface area contributed by atoms with Gasteiger partial charge in [0.2, 0.25) is 0 Å². The molecule has 0 spiro atoms. The number of H-pyrrole nitrogens is 2. The first-order valence-electron chi connectivity index (χ1n) is 5.40. The summed E-state index contributed by atoms with van der Waals surface area (Å²) in [5.74, 6) is 0.551. The fraction of sp³-hybridized carbons (Fsp3) is 0.700. The second kappa shape index (κ2) is 3.67. The van der Waals surface area contributed by atoms with E-state index in [1.807, 2.05) is 0 Å². The zero-order valence-electron chi connectivity index (χ0n) is 9.12. The van der Waals surface area contributed by atoms with Crippen LogP contribution in [0.1, 0.15) is 32.6 Å². The predicted molar refractivity (Wildman–Crippen MR) is 56.9 cm³/mol. The molecule has 0 aromatic carbocycles. The zero-order valence-corrected chi connectivity index (χ0v) is 9.12. The van der Waals surface area contributed by atoms with Crippen LogP contribution in [0, 0.1) is 17.2 Å². The van der Waals surface area contributed by atoms with Gasteiger partial charge in [-0.2, -0.15) is 5.26 Å². The monoisotopic (exact) mass is 222 g/mol. The van der Waals surface area contributed by atoms with Crippen molar-refractivity contribution in [3.63, 3.8) is 0 Å². The number of hydrogen-bond donors (Lipinski definition) is 2. The van der Waals surface area contributed by atoms with Crippen molar-refractivity contribution in [2.75, 3.05) is 0 Å². The highest BCUT2D eigenvalue weighted by molar-refractivity contribution is 5.07. The normalized spacial score (nSPS) is 29.9. The highest BCUT2D eigenvalue weighted by Crippen LogP contribution is 2.35. The van der Waals surface area contributed by atoms with Gasteiger partial charge in [0, 0.05) is 0 Å². The van der Waals surface area contributed by atoms with E-state index in [0.29, 0.717) is 18.8 Å². The molecule has 0 saturated heterocycles. The quantitative estimate of drug-likeness (QED) is 0.715. The third-order valence-corrected chi connectivity index (χ3v) is 3.42. The lowest BCUT2D eigenvalue weighted by molar-refractivity contribution is 0.213. The van der Waals surface area contributed by atoms with Crippen molar-refractivity contribution in [2.45, 2.75) is 38.1 Å². The van der Waals surface area contributed by atoms with Crippen molar-refractivity contribution in [2.24, 2.45) is 5.92 Å². The minimum Gasteiger partial charge on any atom is -0.247 e. The lowest BCUT2D eigenvalue weighted by Crippen LogP contribution is -2.46. The molecule has 1 aliphatic carbocycles. The Morgan fingerprint density at radius 1 is 1.31 bits per heavy atom. The second-order valence-electron chi connectivity index (χ2n) is 4.52. The first kappa shape index (κ1) is 10.7. The van der Waals surface area contributed by atoms with Gasteiger partial charge in [-0.25, -0.2) is 24.4 Å². The van der Waals surface area contributed by atoms with E-state index in [0.717, 1.165) is 17.4 Å². The second-order valence-corrected chi connectivity index (χ2v) is 4.52. The molecule has 6 heteroatoms. The molecule has 6 nitrogen and oxygen atoms in total. The molecule has 1 aromatic heterocycles. The molecule has 0 atom stereocenters. The molecular formula is C10H14N4O2. The van der Waals surface area contributed by atoms with Crippen LogP contribution in [0.2, 0.25) is 0 Å². The van der Waals surface area contributed by atoms with E-state index >= 15 is 0 Å². The number of nitriles is 1. The van der Waals surface area contributed by atoms with Crippen molar-refractivity contribution < 1.29 is 0 Å². The van der Waals surface area contributed by atoms with E-state index in [1.165, 1.54) is 0 Å². The lowest BCUT2D eigenvalue weighted by atomic mass is 9.78. The van der Waals surface area contributed by atoms with Crippen LogP contribution in [0.5, 0.6) is 0 Å². The van der Waals surface area contributed by atoms with E-state index in [4.69, 9.17) is 0 Å². The van der Waals surface area contributed by atoms with Crippen LogP contribution in [0.15, 0.2) is 9.59 Å². The molecule has 16 heavy (non-hydrogen) atoms. The Hall–Kier alpha value is -1.77. The van der Waals surface area contributed by atoms with Crippen LogP contribution in [-0.2, 0) is 5.54 Å². The zero-order chi connectivity index (χ0) is 11.8. The Morgan fingerprint density at radius 3 is 2.25 bits per heavy atom. The van der Waals surface area contributed by atoms with Gasteiger partial charge in [-0.05, 0) is 31.6 Å². The summed E-state index contributed by atoms with van der Waals surface area (Å²) in [6.07, 6.45) is 2.85. The molecule has 0 radical (unpaired) electrons. The van der Waals surface area contributed by atoms with Crippen LogP contribution in [0.25, 0.3) is 0 Å². The van der Waals surface area contributed by atoms with E-state index in [9.17, 15) is 14.9 Å². The first-order chi connectivity index (χ1) is 7.59. The molecule has 1 aromatic rings. The predicted octanol–water partition coefficient (Wildman–Crippen LogP) is 0.294. The van der Waals surface area contributed by atoms with Gasteiger partial charge < -0.3 is 0 Å². The Labute approximate surface area is 91.9 Å². The summed E-state index contributed by atoms with van der Waals surface area (Å²) in [6, 6.07) is 2.14. The maximum atomic E-state index is 11.5. The molecule has 0 aliphatic heterocycles. The highest BCUT2D eigenvalue weighted by atomic mass is 16.2. The smallest absolute Gasteiger partial charge is 0.247 e. The molecule has 0 bridgehead atoms. The third-order valence-electron chi connectivity index (χ3n) is 3.42. The molecule has 86 valence electrons. The maximum Gasteiger partial charge on any atom is 0.345 e. The average Bonchev–Trinajstić information content (AvgIpc) is 2.62. The molecule has 2 rings (SSSR count). The van der Waals surface area contributed by atoms with Gasteiger partial charge in [0.05, 0.1) is 6.07 Å². The first-order valence-corrected chi connectivity index (χ1v) is 5.40. The SMILES string of the molecule is CC1CCC(C#N)(n2c(=O)[nH][nH]c2=O)CC1. The van der Waals surface area contributed by atoms with Crippen LogP contribution in [-0.4, -0.2) is 14.8 Å². The third kappa shape index (κ3) is 1.48. The van der Waals surface area contributed by atoms with E-state index in [-0.39, 0.29) is 0 Å². The van der Waals surface area contributed by atoms with Crippen LogP contribution in [0.4, 0.5) is 0 Å². The summed E-state index contributed by atoms with van der Waals surface area (Å²) in [5.41, 5.74) is -2.01. The summed E-state index contributed by atoms with van der Waals surface area (Å²) in [4.78, 5) is 23.0. The molecule has 0 unspecified atom stereocenters. The number of aromatic nitrogens is 3. The van der Waals surface area contributed by atoms with Crippen molar-refractivity contribution in [1.82, 2.24) is 14.8 Å². The van der Waals surface area contributed by atoms with E-state index < -0.39 is 16.9 Å². The number of aromatic amines is 2. The van der Waals surface area contributed by atoms with Gasteiger partial charge in [-0.1, -0.05) is 6.92 Å². The minimum absolute atomic E-state index is 0.527. The van der Waals surface area contributed by atoms with E-state index in [1.54, 1.807) is 0 Å². The Balaban J connectivity index is 2.48. The fourth-order valence-corrected chi connectivity index (χ4v) is 2.32. The number of rotatable bonds is 1. The van der Waals surface area contributed by atoms with Gasteiger partial charge >= 0.3 is 11.4 Å². The van der Waals surface area contributed by atoms with Crippen LogP contribution in [0.3, 0.4) is 0 Å². The molecule has 1 fully saturated rings. The molecule has 1 aliphatic rings. The molecular weight excluding hydrogens is 208 g/mol. The standard InChI is InChI=1S/C10H14N4O2/c1-7-2-4-10(6-11,5-3-7)14-8(15)12-13-9(14)16/h7H,2-5H2,1H3,(H,12,15)(H,13,16). The number of hydrogen-bond acceptors (Lipinski definition) is 3. The topological polar surface area (TPSA) is 94.4 Å². The van der Waals surface area contributed by atoms with Gasteiger partial charge in [-0.15, -0.1) is 0 Å². The maximum absolute atomic E-state index is 11.5.